The van der Waals surface area contributed by atoms with Crippen molar-refractivity contribution in [1.82, 2.24) is 4.98 Å². The van der Waals surface area contributed by atoms with Crippen molar-refractivity contribution in [1.29, 1.82) is 0 Å². The predicted molar refractivity (Wildman–Crippen MR) is 84.1 cm³/mol. The standard InChI is InChI=1S/C14H18N2O2S2/c1-9(8-11-6-5-7-19-11)16(3)14-15-12(10(2)20-14)13(17)18-4/h5-7,9H,8H2,1-4H3. The van der Waals surface area contributed by atoms with E-state index in [1.54, 1.807) is 11.3 Å². The Hall–Kier alpha value is -1.40. The number of carbonyl (C=O) groups is 1. The van der Waals surface area contributed by atoms with Crippen LogP contribution in [0.2, 0.25) is 0 Å². The number of thiazole rings is 1. The molecule has 2 heterocycles. The lowest BCUT2D eigenvalue weighted by molar-refractivity contribution is 0.0594. The van der Waals surface area contributed by atoms with E-state index in [2.05, 4.69) is 34.3 Å². The van der Waals surface area contributed by atoms with E-state index in [0.29, 0.717) is 11.7 Å². The monoisotopic (exact) mass is 310 g/mol. The van der Waals surface area contributed by atoms with Crippen LogP contribution in [0.1, 0.15) is 27.2 Å². The number of anilines is 1. The highest BCUT2D eigenvalue weighted by molar-refractivity contribution is 7.15. The largest absolute Gasteiger partial charge is 0.464 e. The van der Waals surface area contributed by atoms with Gasteiger partial charge < -0.3 is 9.64 Å². The van der Waals surface area contributed by atoms with E-state index in [4.69, 9.17) is 4.74 Å². The fourth-order valence-electron chi connectivity index (χ4n) is 1.86. The van der Waals surface area contributed by atoms with Gasteiger partial charge in [0.15, 0.2) is 10.8 Å². The number of rotatable bonds is 5. The van der Waals surface area contributed by atoms with Crippen LogP contribution < -0.4 is 4.90 Å². The Balaban J connectivity index is 2.12. The number of hydrogen-bond donors (Lipinski definition) is 0. The van der Waals surface area contributed by atoms with Crippen LogP contribution in [0.5, 0.6) is 0 Å². The lowest BCUT2D eigenvalue weighted by Gasteiger charge is -2.23. The molecule has 2 aromatic rings. The first kappa shape index (κ1) is 15.0. The number of esters is 1. The molecule has 0 aliphatic rings. The van der Waals surface area contributed by atoms with Crippen LogP contribution in [0.4, 0.5) is 5.13 Å². The van der Waals surface area contributed by atoms with E-state index >= 15 is 0 Å². The highest BCUT2D eigenvalue weighted by atomic mass is 32.1. The van der Waals surface area contributed by atoms with Gasteiger partial charge in [0.05, 0.1) is 7.11 Å². The van der Waals surface area contributed by atoms with E-state index in [1.165, 1.54) is 23.3 Å². The predicted octanol–water partition coefficient (Wildman–Crippen LogP) is 3.37. The summed E-state index contributed by atoms with van der Waals surface area (Å²) in [5.41, 5.74) is 0.419. The number of likely N-dealkylation sites (N-methyl/N-ethyl adjacent to an activating group) is 1. The normalized spacial score (nSPS) is 12.2. The minimum absolute atomic E-state index is 0.324. The van der Waals surface area contributed by atoms with E-state index in [0.717, 1.165) is 16.4 Å². The van der Waals surface area contributed by atoms with Crippen LogP contribution >= 0.6 is 22.7 Å². The van der Waals surface area contributed by atoms with Gasteiger partial charge in [-0.05, 0) is 25.3 Å². The molecule has 108 valence electrons. The lowest BCUT2D eigenvalue weighted by atomic mass is 10.2. The van der Waals surface area contributed by atoms with E-state index in [9.17, 15) is 4.79 Å². The molecule has 0 fully saturated rings. The summed E-state index contributed by atoms with van der Waals surface area (Å²) in [6.07, 6.45) is 0.973. The summed E-state index contributed by atoms with van der Waals surface area (Å²) in [6.45, 7) is 4.06. The average Bonchev–Trinajstić information content (AvgIpc) is 3.06. The number of methoxy groups -OCH3 is 1. The fraction of sp³-hybridized carbons (Fsp3) is 0.429. The lowest BCUT2D eigenvalue weighted by Crippen LogP contribution is -2.30. The molecule has 6 heteroatoms. The second-order valence-corrected chi connectivity index (χ2v) is 6.85. The van der Waals surface area contributed by atoms with Crippen LogP contribution in [0, 0.1) is 6.92 Å². The third-order valence-corrected chi connectivity index (χ3v) is 5.16. The summed E-state index contributed by atoms with van der Waals surface area (Å²) in [4.78, 5) is 20.4. The number of ether oxygens (including phenoxy) is 1. The number of aromatic nitrogens is 1. The van der Waals surface area contributed by atoms with Crippen molar-refractivity contribution in [2.45, 2.75) is 26.3 Å². The molecule has 0 aromatic carbocycles. The Labute approximate surface area is 127 Å². The SMILES string of the molecule is COC(=O)c1nc(N(C)C(C)Cc2cccs2)sc1C. The fourth-order valence-corrected chi connectivity index (χ4v) is 3.65. The quantitative estimate of drug-likeness (QED) is 0.794. The second-order valence-electron chi connectivity index (χ2n) is 4.64. The van der Waals surface area contributed by atoms with E-state index in [-0.39, 0.29) is 5.97 Å². The maximum absolute atomic E-state index is 11.6. The molecule has 20 heavy (non-hydrogen) atoms. The van der Waals surface area contributed by atoms with Gasteiger partial charge in [0.2, 0.25) is 0 Å². The number of carbonyl (C=O) groups excluding carboxylic acids is 1. The third-order valence-electron chi connectivity index (χ3n) is 3.20. The molecule has 0 saturated carbocycles. The van der Waals surface area contributed by atoms with Gasteiger partial charge >= 0.3 is 5.97 Å². The topological polar surface area (TPSA) is 42.4 Å². The molecular formula is C14H18N2O2S2. The summed E-state index contributed by atoms with van der Waals surface area (Å²) in [6, 6.07) is 4.53. The first-order chi connectivity index (χ1) is 9.52. The van der Waals surface area contributed by atoms with Crippen LogP contribution in [-0.4, -0.2) is 31.2 Å². The molecule has 1 unspecified atom stereocenters. The number of thiophene rings is 1. The van der Waals surface area contributed by atoms with Crippen LogP contribution in [-0.2, 0) is 11.2 Å². The van der Waals surface area contributed by atoms with Crippen molar-refractivity contribution >= 4 is 33.8 Å². The first-order valence-corrected chi connectivity index (χ1v) is 8.03. The minimum Gasteiger partial charge on any atom is -0.464 e. The molecule has 2 rings (SSSR count). The molecule has 0 amide bonds. The molecular weight excluding hydrogens is 292 g/mol. The van der Waals surface area contributed by atoms with E-state index < -0.39 is 0 Å². The third kappa shape index (κ3) is 3.19. The van der Waals surface area contributed by atoms with Gasteiger partial charge in [-0.2, -0.15) is 0 Å². The van der Waals surface area contributed by atoms with Crippen LogP contribution in [0.3, 0.4) is 0 Å². The highest BCUT2D eigenvalue weighted by Gasteiger charge is 2.20. The molecule has 0 radical (unpaired) electrons. The number of nitrogens with zero attached hydrogens (tertiary/aromatic N) is 2. The van der Waals surface area contributed by atoms with Gasteiger partial charge in [-0.3, -0.25) is 0 Å². The molecule has 0 saturated heterocycles. The van der Waals surface area contributed by atoms with Gasteiger partial charge in [-0.25, -0.2) is 9.78 Å². The summed E-state index contributed by atoms with van der Waals surface area (Å²) in [7, 11) is 3.39. The van der Waals surface area contributed by atoms with Crippen molar-refractivity contribution in [2.24, 2.45) is 0 Å². The Morgan fingerprint density at radius 2 is 2.30 bits per heavy atom. The molecule has 0 aliphatic carbocycles. The summed E-state index contributed by atoms with van der Waals surface area (Å²) >= 11 is 3.29. The average molecular weight is 310 g/mol. The molecule has 2 aromatic heterocycles. The van der Waals surface area contributed by atoms with E-state index in [1.807, 2.05) is 14.0 Å². The molecule has 4 nitrogen and oxygen atoms in total. The number of aryl methyl sites for hydroxylation is 1. The minimum atomic E-state index is -0.371. The summed E-state index contributed by atoms with van der Waals surface area (Å²) in [5, 5.41) is 2.94. The summed E-state index contributed by atoms with van der Waals surface area (Å²) < 4.78 is 4.74. The van der Waals surface area contributed by atoms with Crippen molar-refractivity contribution in [3.05, 3.63) is 33.0 Å². The second kappa shape index (κ2) is 6.37. The van der Waals surface area contributed by atoms with Crippen molar-refractivity contribution in [3.8, 4) is 0 Å². The smallest absolute Gasteiger partial charge is 0.357 e. The van der Waals surface area contributed by atoms with Gasteiger partial charge in [-0.1, -0.05) is 6.07 Å². The maximum Gasteiger partial charge on any atom is 0.357 e. The van der Waals surface area contributed by atoms with Gasteiger partial charge in [-0.15, -0.1) is 22.7 Å². The maximum atomic E-state index is 11.6. The summed E-state index contributed by atoms with van der Waals surface area (Å²) in [5.74, 6) is -0.371. The number of hydrogen-bond acceptors (Lipinski definition) is 6. The Bertz CT molecular complexity index is 578. The Morgan fingerprint density at radius 1 is 1.55 bits per heavy atom. The highest BCUT2D eigenvalue weighted by Crippen LogP contribution is 2.27. The zero-order valence-corrected chi connectivity index (χ0v) is 13.7. The van der Waals surface area contributed by atoms with Crippen molar-refractivity contribution in [3.63, 3.8) is 0 Å². The molecule has 0 bridgehead atoms. The first-order valence-electron chi connectivity index (χ1n) is 6.34. The van der Waals surface area contributed by atoms with Gasteiger partial charge in [0, 0.05) is 29.3 Å². The molecule has 0 aliphatic heterocycles. The molecule has 0 N–H and O–H groups in total. The Kier molecular flexibility index (Phi) is 4.77. The molecule has 1 atom stereocenters. The van der Waals surface area contributed by atoms with Gasteiger partial charge in [0.1, 0.15) is 0 Å². The Morgan fingerprint density at radius 3 is 2.90 bits per heavy atom. The van der Waals surface area contributed by atoms with Gasteiger partial charge in [0.25, 0.3) is 0 Å². The molecule has 0 spiro atoms. The van der Waals surface area contributed by atoms with Crippen LogP contribution in [0.25, 0.3) is 0 Å². The van der Waals surface area contributed by atoms with Crippen molar-refractivity contribution in [2.75, 3.05) is 19.1 Å². The zero-order valence-electron chi connectivity index (χ0n) is 12.0. The van der Waals surface area contributed by atoms with Crippen molar-refractivity contribution < 1.29 is 9.53 Å². The zero-order chi connectivity index (χ0) is 14.7. The van der Waals surface area contributed by atoms with Crippen LogP contribution in [0.15, 0.2) is 17.5 Å².